The molecule has 4 aromatic heterocycles. The van der Waals surface area contributed by atoms with Crippen molar-refractivity contribution in [2.45, 2.75) is 141 Å². The smallest absolute Gasteiger partial charge is 0.266 e. The van der Waals surface area contributed by atoms with Crippen LogP contribution in [0.15, 0.2) is 59.9 Å². The maximum absolute atomic E-state index is 9.86. The van der Waals surface area contributed by atoms with E-state index < -0.39 is 16.6 Å². The summed E-state index contributed by atoms with van der Waals surface area (Å²) in [5, 5.41) is 19.5. The molecule has 0 unspecified atom stereocenters. The highest BCUT2D eigenvalue weighted by molar-refractivity contribution is 7.28. The number of unbranched alkanes of at least 4 members (excludes halogenated alkanes) is 9. The van der Waals surface area contributed by atoms with Gasteiger partial charge in [0.05, 0.1) is 25.3 Å². The third-order valence-electron chi connectivity index (χ3n) is 10.4. The predicted molar refractivity (Wildman–Crippen MR) is 263 cm³/mol. The molecule has 0 atom stereocenters. The fraction of sp³-hybridized carbons (Fsp3) is 0.478. The lowest BCUT2D eigenvalue weighted by atomic mass is 10.0. The van der Waals surface area contributed by atoms with Gasteiger partial charge in [0.15, 0.2) is 16.6 Å². The van der Waals surface area contributed by atoms with E-state index in [0.29, 0.717) is 0 Å². The number of thiophene rings is 4. The van der Waals surface area contributed by atoms with Crippen LogP contribution in [-0.4, -0.2) is 26.9 Å². The molecule has 0 bridgehead atoms. The summed E-state index contributed by atoms with van der Waals surface area (Å²) >= 11 is 6.87. The van der Waals surface area contributed by atoms with Gasteiger partial charge < -0.3 is 4.12 Å². The largest absolute Gasteiger partial charge is 0.455 e. The van der Waals surface area contributed by atoms with Crippen molar-refractivity contribution in [1.82, 2.24) is 0 Å². The lowest BCUT2D eigenvalue weighted by molar-refractivity contribution is 0.524. The van der Waals surface area contributed by atoms with Crippen LogP contribution in [0.5, 0.6) is 0 Å². The van der Waals surface area contributed by atoms with E-state index in [2.05, 4.69) is 103 Å². The molecule has 0 aliphatic heterocycles. The number of nitriles is 2. The summed E-state index contributed by atoms with van der Waals surface area (Å²) in [5.74, 6) is 0. The number of hydrogen-bond acceptors (Lipinski definition) is 7. The van der Waals surface area contributed by atoms with E-state index in [4.69, 9.17) is 17.3 Å². The van der Waals surface area contributed by atoms with Crippen molar-refractivity contribution in [2.75, 3.05) is 0 Å². The zero-order valence-corrected chi connectivity index (χ0v) is 42.7. The van der Waals surface area contributed by atoms with Crippen LogP contribution in [0.4, 0.5) is 0 Å². The number of hydrogen-bond donors (Lipinski definition) is 0. The average molecular weight is 898 g/mol. The summed E-state index contributed by atoms with van der Waals surface area (Å²) in [5.41, 5.74) is 2.19. The molecule has 4 heterocycles. The summed E-state index contributed by atoms with van der Waals surface area (Å²) in [6.45, 7) is 27.1. The highest BCUT2D eigenvalue weighted by atomic mass is 32.1. The zero-order valence-electron chi connectivity index (χ0n) is 35.5. The van der Waals surface area contributed by atoms with E-state index in [1.807, 2.05) is 0 Å². The minimum absolute atomic E-state index is 0.206. The molecule has 12 heteroatoms. The lowest BCUT2D eigenvalue weighted by Crippen LogP contribution is -2.44. The van der Waals surface area contributed by atoms with Crippen LogP contribution < -0.4 is 0 Å². The van der Waals surface area contributed by atoms with E-state index >= 15 is 0 Å². The SMILES string of the molecule is [C-]#[N+]/C(C#N)=C(/CCCCC)c1ccc(-c2ccc(-c3ccc(-c4ccc(/C(CCCCCCCCCC[Si](C)(C)O[Si](C)(C)CCC[SiH3])=C(\C#N)[N+]#[C-])s4)s3)s2)s1. The molecule has 0 saturated carbocycles. The van der Waals surface area contributed by atoms with Crippen molar-refractivity contribution in [3.05, 3.63) is 92.5 Å². The maximum atomic E-state index is 9.86. The molecule has 0 amide bonds. The van der Waals surface area contributed by atoms with E-state index in [9.17, 15) is 10.5 Å². The van der Waals surface area contributed by atoms with Crippen LogP contribution in [0.2, 0.25) is 44.3 Å². The Bertz CT molecular complexity index is 2130. The number of nitrogens with zero attached hydrogens (tertiary/aromatic N) is 4. The Hall–Kier alpha value is -3.15. The second kappa shape index (κ2) is 24.2. The molecule has 4 rings (SSSR count). The predicted octanol–water partition coefficient (Wildman–Crippen LogP) is 15.9. The molecule has 5 nitrogen and oxygen atoms in total. The van der Waals surface area contributed by atoms with Gasteiger partial charge in [-0.05, 0) is 111 Å². The first-order chi connectivity index (χ1) is 28.0. The van der Waals surface area contributed by atoms with Crippen LogP contribution in [0.3, 0.4) is 0 Å². The molecular formula is C46H60N4OS4Si3. The summed E-state index contributed by atoms with van der Waals surface area (Å²) < 4.78 is 6.80. The first-order valence-electron chi connectivity index (χ1n) is 21.1. The monoisotopic (exact) mass is 896 g/mol. The molecular weight excluding hydrogens is 837 g/mol. The van der Waals surface area contributed by atoms with Gasteiger partial charge in [-0.3, -0.25) is 0 Å². The van der Waals surface area contributed by atoms with Crippen LogP contribution >= 0.6 is 45.3 Å². The van der Waals surface area contributed by atoms with Crippen molar-refractivity contribution in [1.29, 1.82) is 10.5 Å². The number of rotatable bonds is 25. The first kappa shape index (κ1) is 47.5. The van der Waals surface area contributed by atoms with Gasteiger partial charge in [0.25, 0.3) is 11.4 Å². The minimum Gasteiger partial charge on any atom is -0.455 e. The molecule has 0 aromatic carbocycles. The second-order valence-corrected chi connectivity index (χ2v) is 30.5. The molecule has 0 aliphatic rings. The van der Waals surface area contributed by atoms with Gasteiger partial charge >= 0.3 is 0 Å². The fourth-order valence-corrected chi connectivity index (χ4v) is 22.0. The Morgan fingerprint density at radius 1 is 0.569 bits per heavy atom. The van der Waals surface area contributed by atoms with Gasteiger partial charge in [0.2, 0.25) is 0 Å². The van der Waals surface area contributed by atoms with Crippen LogP contribution in [0, 0.1) is 35.8 Å². The molecule has 306 valence electrons. The van der Waals surface area contributed by atoms with Crippen molar-refractivity contribution >= 4 is 83.4 Å². The Morgan fingerprint density at radius 3 is 1.33 bits per heavy atom. The lowest BCUT2D eigenvalue weighted by Gasteiger charge is -2.34. The average Bonchev–Trinajstić information content (AvgIpc) is 4.04. The van der Waals surface area contributed by atoms with Crippen LogP contribution in [0.25, 0.3) is 50.1 Å². The molecule has 0 N–H and O–H groups in total. The fourth-order valence-electron chi connectivity index (χ4n) is 7.42. The zero-order chi connectivity index (χ0) is 42.0. The third kappa shape index (κ3) is 14.5. The van der Waals surface area contributed by atoms with Crippen molar-refractivity contribution in [3.8, 4) is 41.4 Å². The van der Waals surface area contributed by atoms with E-state index in [1.165, 1.54) is 92.8 Å². The molecule has 4 aromatic rings. The molecule has 0 aliphatic carbocycles. The van der Waals surface area contributed by atoms with Gasteiger partial charge in [0, 0.05) is 49.3 Å². The normalized spacial score (nSPS) is 12.7. The molecule has 58 heavy (non-hydrogen) atoms. The Kier molecular flexibility index (Phi) is 19.8. The molecule has 0 spiro atoms. The molecule has 0 saturated heterocycles. The molecule has 0 fully saturated rings. The van der Waals surface area contributed by atoms with Crippen LogP contribution in [-0.2, 0) is 4.12 Å². The summed E-state index contributed by atoms with van der Waals surface area (Å²) in [6, 6.07) is 25.4. The quantitative estimate of drug-likeness (QED) is 0.0288. The van der Waals surface area contributed by atoms with E-state index in [0.717, 1.165) is 75.6 Å². The highest BCUT2D eigenvalue weighted by Gasteiger charge is 2.32. The first-order valence-corrected chi connectivity index (χ1v) is 32.0. The summed E-state index contributed by atoms with van der Waals surface area (Å²) in [4.78, 5) is 16.3. The van der Waals surface area contributed by atoms with Crippen LogP contribution in [0.1, 0.15) is 107 Å². The highest BCUT2D eigenvalue weighted by Crippen LogP contribution is 2.45. The summed E-state index contributed by atoms with van der Waals surface area (Å²) in [7, 11) is -1.76. The maximum Gasteiger partial charge on any atom is 0.266 e. The molecule has 0 radical (unpaired) electrons. The van der Waals surface area contributed by atoms with E-state index in [1.54, 1.807) is 45.3 Å². The number of allylic oxidation sites excluding steroid dienone is 4. The standard InChI is InChI=1S/C46H60N4OS4Si3/c1-8-9-16-20-35(37(33-47)49-2)39-22-24-41(52-39)43-26-28-45(54-43)46-29-27-44(55-46)42-25-23-40(53-42)36(38(34-48)50-3)21-17-14-12-10-11-13-15-18-31-57(4,5)51-58(6,7)32-19-30-56/h22-29H,8-21,30-32H2,1,4-7,56H3/b37-35-,38-36+. The second-order valence-electron chi connectivity index (χ2n) is 16.3. The van der Waals surface area contributed by atoms with Gasteiger partial charge in [-0.15, -0.1) is 45.3 Å². The van der Waals surface area contributed by atoms with E-state index in [-0.39, 0.29) is 11.4 Å². The van der Waals surface area contributed by atoms with Crippen molar-refractivity contribution < 1.29 is 4.12 Å². The van der Waals surface area contributed by atoms with Gasteiger partial charge in [-0.1, -0.05) is 90.0 Å². The van der Waals surface area contributed by atoms with Crippen molar-refractivity contribution in [2.24, 2.45) is 0 Å². The van der Waals surface area contributed by atoms with Gasteiger partial charge in [0.1, 0.15) is 0 Å². The van der Waals surface area contributed by atoms with Gasteiger partial charge in [-0.2, -0.15) is 0 Å². The topological polar surface area (TPSA) is 65.5 Å². The summed E-state index contributed by atoms with van der Waals surface area (Å²) in [6.07, 6.45) is 15.8. The Morgan fingerprint density at radius 2 is 0.931 bits per heavy atom. The van der Waals surface area contributed by atoms with Crippen molar-refractivity contribution in [3.63, 3.8) is 0 Å². The van der Waals surface area contributed by atoms with Gasteiger partial charge in [-0.25, -0.2) is 20.2 Å². The third-order valence-corrected chi connectivity index (χ3v) is 23.7. The minimum atomic E-state index is -1.57. The Labute approximate surface area is 370 Å². The Balaban J connectivity index is 1.29.